The van der Waals surface area contributed by atoms with Crippen LogP contribution in [0.15, 0.2) is 46.9 Å². The highest BCUT2D eigenvalue weighted by Crippen LogP contribution is 2.29. The number of halogens is 2. The van der Waals surface area contributed by atoms with Crippen LogP contribution < -0.4 is 5.32 Å². The SMILES string of the molecule is CNC(Cc1cccc(Cl)c1)c1cccc(C)c1Br. The van der Waals surface area contributed by atoms with E-state index in [1.54, 1.807) is 0 Å². The number of benzene rings is 2. The molecule has 1 nitrogen and oxygen atoms in total. The fourth-order valence-corrected chi connectivity index (χ4v) is 2.96. The number of hydrogen-bond acceptors (Lipinski definition) is 1. The number of nitrogens with one attached hydrogen (secondary N) is 1. The molecule has 0 saturated carbocycles. The summed E-state index contributed by atoms with van der Waals surface area (Å²) in [7, 11) is 1.99. The molecule has 0 heterocycles. The lowest BCUT2D eigenvalue weighted by atomic mass is 9.98. The van der Waals surface area contributed by atoms with Gasteiger partial charge in [-0.1, -0.05) is 57.9 Å². The van der Waals surface area contributed by atoms with E-state index in [9.17, 15) is 0 Å². The van der Waals surface area contributed by atoms with Crippen LogP contribution in [-0.4, -0.2) is 7.05 Å². The summed E-state index contributed by atoms with van der Waals surface area (Å²) in [4.78, 5) is 0. The lowest BCUT2D eigenvalue weighted by molar-refractivity contribution is 0.589. The predicted octanol–water partition coefficient (Wildman–Crippen LogP) is 4.91. The Hall–Kier alpha value is -0.830. The highest BCUT2D eigenvalue weighted by molar-refractivity contribution is 9.10. The highest BCUT2D eigenvalue weighted by Gasteiger charge is 2.14. The second-order valence-electron chi connectivity index (χ2n) is 4.65. The molecule has 2 aromatic carbocycles. The average Bonchev–Trinajstić information content (AvgIpc) is 2.40. The van der Waals surface area contributed by atoms with Crippen LogP contribution in [0.5, 0.6) is 0 Å². The van der Waals surface area contributed by atoms with E-state index in [2.05, 4.69) is 52.4 Å². The minimum absolute atomic E-state index is 0.271. The van der Waals surface area contributed by atoms with Gasteiger partial charge < -0.3 is 5.32 Å². The van der Waals surface area contributed by atoms with Crippen molar-refractivity contribution in [3.05, 3.63) is 68.7 Å². The van der Waals surface area contributed by atoms with E-state index in [0.717, 1.165) is 11.4 Å². The molecule has 0 aliphatic heterocycles. The van der Waals surface area contributed by atoms with Gasteiger partial charge in [-0.2, -0.15) is 0 Å². The molecule has 0 fully saturated rings. The zero-order chi connectivity index (χ0) is 13.8. The molecule has 0 aromatic heterocycles. The Morgan fingerprint density at radius 3 is 2.63 bits per heavy atom. The van der Waals surface area contributed by atoms with Crippen molar-refractivity contribution in [1.82, 2.24) is 5.32 Å². The van der Waals surface area contributed by atoms with E-state index in [0.29, 0.717) is 0 Å². The van der Waals surface area contributed by atoms with E-state index >= 15 is 0 Å². The molecule has 2 rings (SSSR count). The van der Waals surface area contributed by atoms with Crippen molar-refractivity contribution in [2.75, 3.05) is 7.05 Å². The molecule has 0 bridgehead atoms. The summed E-state index contributed by atoms with van der Waals surface area (Å²) < 4.78 is 1.18. The lowest BCUT2D eigenvalue weighted by Gasteiger charge is -2.19. The van der Waals surface area contributed by atoms with E-state index in [4.69, 9.17) is 11.6 Å². The minimum Gasteiger partial charge on any atom is -0.313 e. The molecule has 0 amide bonds. The van der Waals surface area contributed by atoms with Gasteiger partial charge in [-0.15, -0.1) is 0 Å². The number of rotatable bonds is 4. The van der Waals surface area contributed by atoms with Gasteiger partial charge in [-0.3, -0.25) is 0 Å². The van der Waals surface area contributed by atoms with Gasteiger partial charge in [0.25, 0.3) is 0 Å². The maximum absolute atomic E-state index is 6.04. The molecule has 2 aromatic rings. The summed E-state index contributed by atoms with van der Waals surface area (Å²) in [5.74, 6) is 0. The van der Waals surface area contributed by atoms with E-state index in [1.165, 1.54) is 21.2 Å². The molecule has 0 aliphatic rings. The second-order valence-corrected chi connectivity index (χ2v) is 5.88. The first kappa shape index (κ1) is 14.6. The van der Waals surface area contributed by atoms with E-state index in [1.807, 2.05) is 25.2 Å². The first-order valence-electron chi connectivity index (χ1n) is 6.28. The van der Waals surface area contributed by atoms with Gasteiger partial charge in [0.15, 0.2) is 0 Å². The Morgan fingerprint density at radius 1 is 1.21 bits per heavy atom. The molecule has 0 aliphatic carbocycles. The summed E-state index contributed by atoms with van der Waals surface area (Å²) in [6.07, 6.45) is 0.916. The van der Waals surface area contributed by atoms with Crippen LogP contribution in [0, 0.1) is 6.92 Å². The first-order chi connectivity index (χ1) is 9.11. The van der Waals surface area contributed by atoms with Crippen LogP contribution in [0.3, 0.4) is 0 Å². The fourth-order valence-electron chi connectivity index (χ4n) is 2.21. The van der Waals surface area contributed by atoms with Crippen molar-refractivity contribution in [2.24, 2.45) is 0 Å². The Bertz CT molecular complexity index is 568. The number of likely N-dealkylation sites (N-methyl/N-ethyl adjacent to an activating group) is 1. The number of hydrogen-bond donors (Lipinski definition) is 1. The monoisotopic (exact) mass is 337 g/mol. The van der Waals surface area contributed by atoms with Crippen molar-refractivity contribution in [1.29, 1.82) is 0 Å². The van der Waals surface area contributed by atoms with Crippen molar-refractivity contribution in [2.45, 2.75) is 19.4 Å². The molecule has 3 heteroatoms. The first-order valence-corrected chi connectivity index (χ1v) is 7.45. The predicted molar refractivity (Wildman–Crippen MR) is 85.8 cm³/mol. The van der Waals surface area contributed by atoms with Crippen LogP contribution in [0.4, 0.5) is 0 Å². The normalized spacial score (nSPS) is 12.4. The van der Waals surface area contributed by atoms with Gasteiger partial charge in [-0.05, 0) is 49.2 Å². The van der Waals surface area contributed by atoms with Crippen molar-refractivity contribution < 1.29 is 0 Å². The third kappa shape index (κ3) is 3.59. The highest BCUT2D eigenvalue weighted by atomic mass is 79.9. The maximum Gasteiger partial charge on any atom is 0.0408 e. The van der Waals surface area contributed by atoms with E-state index < -0.39 is 0 Å². The molecule has 0 saturated heterocycles. The van der Waals surface area contributed by atoms with Gasteiger partial charge in [0.2, 0.25) is 0 Å². The molecule has 0 radical (unpaired) electrons. The van der Waals surface area contributed by atoms with Crippen LogP contribution >= 0.6 is 27.5 Å². The molecule has 1 N–H and O–H groups in total. The Labute approximate surface area is 128 Å². The maximum atomic E-state index is 6.04. The van der Waals surface area contributed by atoms with Gasteiger partial charge in [0.05, 0.1) is 0 Å². The lowest BCUT2D eigenvalue weighted by Crippen LogP contribution is -2.19. The summed E-state index contributed by atoms with van der Waals surface area (Å²) in [5.41, 5.74) is 3.77. The molecular formula is C16H17BrClN. The molecule has 19 heavy (non-hydrogen) atoms. The van der Waals surface area contributed by atoms with Crippen molar-refractivity contribution in [3.63, 3.8) is 0 Å². The smallest absolute Gasteiger partial charge is 0.0408 e. The van der Waals surface area contributed by atoms with Gasteiger partial charge in [0.1, 0.15) is 0 Å². The topological polar surface area (TPSA) is 12.0 Å². The zero-order valence-electron chi connectivity index (χ0n) is 11.1. The van der Waals surface area contributed by atoms with Gasteiger partial charge in [-0.25, -0.2) is 0 Å². The summed E-state index contributed by atoms with van der Waals surface area (Å²) >= 11 is 9.73. The Balaban J connectivity index is 2.28. The average molecular weight is 339 g/mol. The van der Waals surface area contributed by atoms with Crippen LogP contribution in [0.1, 0.15) is 22.7 Å². The summed E-state index contributed by atoms with van der Waals surface area (Å²) in [6, 6.07) is 14.7. The molecule has 1 atom stereocenters. The Kier molecular flexibility index (Phi) is 5.03. The second kappa shape index (κ2) is 6.56. The third-order valence-corrected chi connectivity index (χ3v) is 4.59. The molecule has 1 unspecified atom stereocenters. The van der Waals surface area contributed by atoms with Crippen LogP contribution in [0.2, 0.25) is 5.02 Å². The largest absolute Gasteiger partial charge is 0.313 e. The zero-order valence-corrected chi connectivity index (χ0v) is 13.4. The van der Waals surface area contributed by atoms with Crippen molar-refractivity contribution in [3.8, 4) is 0 Å². The van der Waals surface area contributed by atoms with Crippen LogP contribution in [0.25, 0.3) is 0 Å². The van der Waals surface area contributed by atoms with Gasteiger partial charge >= 0.3 is 0 Å². The molecule has 100 valence electrons. The third-order valence-electron chi connectivity index (χ3n) is 3.27. The van der Waals surface area contributed by atoms with Crippen LogP contribution in [-0.2, 0) is 6.42 Å². The number of aryl methyl sites for hydroxylation is 1. The quantitative estimate of drug-likeness (QED) is 0.835. The fraction of sp³-hybridized carbons (Fsp3) is 0.250. The van der Waals surface area contributed by atoms with E-state index in [-0.39, 0.29) is 6.04 Å². The summed E-state index contributed by atoms with van der Waals surface area (Å²) in [6.45, 7) is 2.11. The van der Waals surface area contributed by atoms with Gasteiger partial charge in [0, 0.05) is 15.5 Å². The van der Waals surface area contributed by atoms with Crippen molar-refractivity contribution >= 4 is 27.5 Å². The standard InChI is InChI=1S/C16H17BrClN/c1-11-5-3-8-14(16(11)17)15(19-2)10-12-6-4-7-13(18)9-12/h3-9,15,19H,10H2,1-2H3. The molecule has 0 spiro atoms. The molecular weight excluding hydrogens is 322 g/mol. The minimum atomic E-state index is 0.271. The Morgan fingerprint density at radius 2 is 1.95 bits per heavy atom. The summed E-state index contributed by atoms with van der Waals surface area (Å²) in [5, 5.41) is 4.17.